The Labute approximate surface area is 90.5 Å². The first kappa shape index (κ1) is 9.86. The van der Waals surface area contributed by atoms with Crippen LogP contribution >= 0.6 is 11.6 Å². The van der Waals surface area contributed by atoms with Crippen LogP contribution < -0.4 is 4.74 Å². The third-order valence-corrected chi connectivity index (χ3v) is 1.83. The highest BCUT2D eigenvalue weighted by molar-refractivity contribution is 6.29. The molecule has 3 nitrogen and oxygen atoms in total. The fourth-order valence-electron chi connectivity index (χ4n) is 0.977. The zero-order chi connectivity index (χ0) is 10.7. The molecule has 0 aliphatic rings. The van der Waals surface area contributed by atoms with Gasteiger partial charge >= 0.3 is 6.01 Å². The quantitative estimate of drug-likeness (QED) is 0.736. The lowest BCUT2D eigenvalue weighted by Gasteiger charge is -2.02. The van der Waals surface area contributed by atoms with Crippen LogP contribution in [0, 0.1) is 5.82 Å². The fraction of sp³-hybridized carbons (Fsp3) is 0. The maximum absolute atomic E-state index is 12.6. The Morgan fingerprint density at radius 3 is 2.53 bits per heavy atom. The predicted octanol–water partition coefficient (Wildman–Crippen LogP) is 3.06. The van der Waals surface area contributed by atoms with Crippen molar-refractivity contribution in [2.75, 3.05) is 0 Å². The molecular formula is C10H6ClFN2O. The van der Waals surface area contributed by atoms with E-state index < -0.39 is 0 Å². The number of hydrogen-bond donors (Lipinski definition) is 0. The zero-order valence-corrected chi connectivity index (χ0v) is 8.28. The third-order valence-electron chi connectivity index (χ3n) is 1.62. The van der Waals surface area contributed by atoms with Gasteiger partial charge in [0, 0.05) is 6.20 Å². The summed E-state index contributed by atoms with van der Waals surface area (Å²) in [5.41, 5.74) is 0. The van der Waals surface area contributed by atoms with E-state index in [2.05, 4.69) is 9.97 Å². The van der Waals surface area contributed by atoms with Crippen molar-refractivity contribution in [2.24, 2.45) is 0 Å². The van der Waals surface area contributed by atoms with E-state index in [0.717, 1.165) is 0 Å². The topological polar surface area (TPSA) is 35.0 Å². The average Bonchev–Trinajstić information content (AvgIpc) is 2.22. The lowest BCUT2D eigenvalue weighted by atomic mass is 10.3. The molecule has 0 aliphatic heterocycles. The van der Waals surface area contributed by atoms with E-state index in [1.165, 1.54) is 30.5 Å². The maximum atomic E-state index is 12.6. The van der Waals surface area contributed by atoms with Gasteiger partial charge in [-0.3, -0.25) is 0 Å². The van der Waals surface area contributed by atoms with E-state index in [9.17, 15) is 4.39 Å². The van der Waals surface area contributed by atoms with E-state index in [1.54, 1.807) is 6.07 Å². The van der Waals surface area contributed by atoms with Crippen molar-refractivity contribution in [3.63, 3.8) is 0 Å². The summed E-state index contributed by atoms with van der Waals surface area (Å²) in [6.07, 6.45) is 1.48. The summed E-state index contributed by atoms with van der Waals surface area (Å²) in [6.45, 7) is 0. The number of rotatable bonds is 2. The van der Waals surface area contributed by atoms with Crippen LogP contribution in [0.2, 0.25) is 5.15 Å². The molecular weight excluding hydrogens is 219 g/mol. The molecule has 0 atom stereocenters. The summed E-state index contributed by atoms with van der Waals surface area (Å²) in [6, 6.07) is 7.23. The highest BCUT2D eigenvalue weighted by Crippen LogP contribution is 2.18. The molecule has 0 bridgehead atoms. The molecule has 2 rings (SSSR count). The van der Waals surface area contributed by atoms with E-state index in [0.29, 0.717) is 10.9 Å². The zero-order valence-electron chi connectivity index (χ0n) is 7.52. The van der Waals surface area contributed by atoms with Gasteiger partial charge in [0.05, 0.1) is 0 Å². The van der Waals surface area contributed by atoms with Gasteiger partial charge in [-0.15, -0.1) is 0 Å². The largest absolute Gasteiger partial charge is 0.424 e. The highest BCUT2D eigenvalue weighted by atomic mass is 35.5. The van der Waals surface area contributed by atoms with Crippen molar-refractivity contribution in [3.8, 4) is 11.8 Å². The second-order valence-corrected chi connectivity index (χ2v) is 3.11. The van der Waals surface area contributed by atoms with Crippen molar-refractivity contribution >= 4 is 11.6 Å². The van der Waals surface area contributed by atoms with Crippen LogP contribution in [0.3, 0.4) is 0 Å². The van der Waals surface area contributed by atoms with Gasteiger partial charge in [0.25, 0.3) is 0 Å². The summed E-state index contributed by atoms with van der Waals surface area (Å²) in [7, 11) is 0. The third kappa shape index (κ3) is 2.63. The van der Waals surface area contributed by atoms with Crippen molar-refractivity contribution in [3.05, 3.63) is 47.5 Å². The van der Waals surface area contributed by atoms with Crippen LogP contribution in [0.5, 0.6) is 11.8 Å². The number of aromatic nitrogens is 2. The molecule has 0 aliphatic carbocycles. The van der Waals surface area contributed by atoms with E-state index >= 15 is 0 Å². The van der Waals surface area contributed by atoms with Crippen LogP contribution in [0.1, 0.15) is 0 Å². The van der Waals surface area contributed by atoms with Crippen LogP contribution in [0.25, 0.3) is 0 Å². The number of ether oxygens (including phenoxy) is 1. The maximum Gasteiger partial charge on any atom is 0.323 e. The molecule has 0 amide bonds. The van der Waals surface area contributed by atoms with Gasteiger partial charge in [0.1, 0.15) is 16.7 Å². The fourth-order valence-corrected chi connectivity index (χ4v) is 1.11. The van der Waals surface area contributed by atoms with Crippen molar-refractivity contribution < 1.29 is 9.13 Å². The van der Waals surface area contributed by atoms with Gasteiger partial charge in [0.15, 0.2) is 0 Å². The van der Waals surface area contributed by atoms with Gasteiger partial charge < -0.3 is 4.74 Å². The summed E-state index contributed by atoms with van der Waals surface area (Å²) >= 11 is 5.65. The number of halogens is 2. The molecule has 5 heteroatoms. The minimum atomic E-state index is -0.325. The highest BCUT2D eigenvalue weighted by Gasteiger charge is 2.00. The van der Waals surface area contributed by atoms with Crippen LogP contribution in [-0.4, -0.2) is 9.97 Å². The first-order valence-electron chi connectivity index (χ1n) is 4.16. The minimum Gasteiger partial charge on any atom is -0.424 e. The molecule has 1 heterocycles. The van der Waals surface area contributed by atoms with Gasteiger partial charge in [0.2, 0.25) is 0 Å². The summed E-state index contributed by atoms with van der Waals surface area (Å²) in [5.74, 6) is 0.132. The second-order valence-electron chi connectivity index (χ2n) is 2.72. The Kier molecular flexibility index (Phi) is 2.78. The normalized spacial score (nSPS) is 10.0. The number of nitrogens with zero attached hydrogens (tertiary/aromatic N) is 2. The molecule has 0 spiro atoms. The molecule has 15 heavy (non-hydrogen) atoms. The first-order valence-corrected chi connectivity index (χ1v) is 4.54. The average molecular weight is 225 g/mol. The molecule has 1 aromatic carbocycles. The molecule has 0 radical (unpaired) electrons. The Bertz CT molecular complexity index is 461. The standard InChI is InChI=1S/C10H6ClFN2O/c11-9-5-6-13-10(14-9)15-8-3-1-7(12)2-4-8/h1-6H. The van der Waals surface area contributed by atoms with Gasteiger partial charge in [-0.25, -0.2) is 9.37 Å². The van der Waals surface area contributed by atoms with Gasteiger partial charge in [-0.05, 0) is 30.3 Å². The molecule has 76 valence electrons. The van der Waals surface area contributed by atoms with E-state index in [-0.39, 0.29) is 11.8 Å². The van der Waals surface area contributed by atoms with Crippen molar-refractivity contribution in [1.82, 2.24) is 9.97 Å². The van der Waals surface area contributed by atoms with Gasteiger partial charge in [-0.1, -0.05) is 11.6 Å². The summed E-state index contributed by atoms with van der Waals surface area (Å²) in [5, 5.41) is 0.294. The smallest absolute Gasteiger partial charge is 0.323 e. The van der Waals surface area contributed by atoms with Crippen molar-refractivity contribution in [2.45, 2.75) is 0 Å². The Hall–Kier alpha value is -1.68. The van der Waals surface area contributed by atoms with Crippen LogP contribution in [0.15, 0.2) is 36.5 Å². The molecule has 1 aromatic heterocycles. The summed E-state index contributed by atoms with van der Waals surface area (Å²) in [4.78, 5) is 7.67. The molecule has 0 saturated heterocycles. The van der Waals surface area contributed by atoms with E-state index in [1.807, 2.05) is 0 Å². The van der Waals surface area contributed by atoms with Crippen LogP contribution in [-0.2, 0) is 0 Å². The van der Waals surface area contributed by atoms with Gasteiger partial charge in [-0.2, -0.15) is 4.98 Å². The minimum absolute atomic E-state index is 0.133. The lowest BCUT2D eigenvalue weighted by Crippen LogP contribution is -1.91. The van der Waals surface area contributed by atoms with Crippen molar-refractivity contribution in [1.29, 1.82) is 0 Å². The molecule has 0 N–H and O–H groups in total. The number of hydrogen-bond acceptors (Lipinski definition) is 3. The Morgan fingerprint density at radius 1 is 1.13 bits per heavy atom. The summed E-state index contributed by atoms with van der Waals surface area (Å²) < 4.78 is 17.8. The lowest BCUT2D eigenvalue weighted by molar-refractivity contribution is 0.440. The predicted molar refractivity (Wildman–Crippen MR) is 53.5 cm³/mol. The SMILES string of the molecule is Fc1ccc(Oc2nccc(Cl)n2)cc1. The second kappa shape index (κ2) is 4.23. The Balaban J connectivity index is 2.18. The first-order chi connectivity index (χ1) is 7.24. The molecule has 0 fully saturated rings. The van der Waals surface area contributed by atoms with Crippen LogP contribution in [0.4, 0.5) is 4.39 Å². The number of benzene rings is 1. The molecule has 0 unspecified atom stereocenters. The Morgan fingerprint density at radius 2 is 1.87 bits per heavy atom. The molecule has 2 aromatic rings. The monoisotopic (exact) mass is 224 g/mol. The van der Waals surface area contributed by atoms with E-state index in [4.69, 9.17) is 16.3 Å². The molecule has 0 saturated carbocycles.